The third-order valence-electron chi connectivity index (χ3n) is 4.37. The fourth-order valence-corrected chi connectivity index (χ4v) is 3.03. The first-order valence-corrected chi connectivity index (χ1v) is 7.75. The van der Waals surface area contributed by atoms with E-state index in [1.54, 1.807) is 17.2 Å². The van der Waals surface area contributed by atoms with Crippen molar-refractivity contribution in [1.82, 2.24) is 14.9 Å². The van der Waals surface area contributed by atoms with Gasteiger partial charge in [-0.3, -0.25) is 4.79 Å². The molecule has 2 aromatic rings. The Balaban J connectivity index is 2.04. The lowest BCUT2D eigenvalue weighted by Crippen LogP contribution is -2.45. The minimum atomic E-state index is -0.289. The highest BCUT2D eigenvalue weighted by atomic mass is 16.2. The molecule has 3 heterocycles. The smallest absolute Gasteiger partial charge is 0.245 e. The van der Waals surface area contributed by atoms with Crippen LogP contribution >= 0.6 is 0 Å². The van der Waals surface area contributed by atoms with Gasteiger partial charge in [0, 0.05) is 32.2 Å². The highest BCUT2D eigenvalue weighted by Crippen LogP contribution is 2.25. The zero-order valence-corrected chi connectivity index (χ0v) is 13.4. The number of carbonyl (C=O) groups excluding carboxylic acids is 1. The van der Waals surface area contributed by atoms with Crippen molar-refractivity contribution in [2.24, 2.45) is 0 Å². The monoisotopic (exact) mass is 309 g/mol. The maximum Gasteiger partial charge on any atom is 0.245 e. The molecule has 118 valence electrons. The van der Waals surface area contributed by atoms with Crippen LogP contribution in [0.5, 0.6) is 0 Å². The highest BCUT2D eigenvalue weighted by molar-refractivity contribution is 5.87. The average Bonchev–Trinajstić information content (AvgIpc) is 2.75. The Hall–Kier alpha value is -2.68. The van der Waals surface area contributed by atoms with Gasteiger partial charge in [0.15, 0.2) is 5.65 Å². The van der Waals surface area contributed by atoms with Gasteiger partial charge in [0.05, 0.1) is 5.56 Å². The first-order valence-electron chi connectivity index (χ1n) is 7.75. The van der Waals surface area contributed by atoms with Gasteiger partial charge in [-0.2, -0.15) is 5.26 Å². The zero-order chi connectivity index (χ0) is 16.4. The molecule has 1 fully saturated rings. The average molecular weight is 309 g/mol. The molecule has 6 nitrogen and oxygen atoms in total. The second kappa shape index (κ2) is 6.21. The molecule has 2 aromatic heterocycles. The molecule has 1 saturated heterocycles. The van der Waals surface area contributed by atoms with Crippen LogP contribution in [0.1, 0.15) is 24.8 Å². The zero-order valence-electron chi connectivity index (χ0n) is 13.4. The van der Waals surface area contributed by atoms with Crippen LogP contribution in [0, 0.1) is 11.3 Å². The van der Waals surface area contributed by atoms with Gasteiger partial charge in [-0.05, 0) is 37.5 Å². The number of carbonyl (C=O) groups is 1. The Labute approximate surface area is 135 Å². The predicted octanol–water partition coefficient (Wildman–Crippen LogP) is 1.95. The van der Waals surface area contributed by atoms with Crippen LogP contribution in [-0.4, -0.2) is 47.5 Å². The molecule has 3 rings (SSSR count). The Morgan fingerprint density at radius 3 is 3.04 bits per heavy atom. The number of nitrogens with zero attached hydrogens (tertiary/aromatic N) is 5. The fraction of sp³-hybridized carbons (Fsp3) is 0.412. The summed E-state index contributed by atoms with van der Waals surface area (Å²) in [6.07, 6.45) is 4.44. The van der Waals surface area contributed by atoms with Crippen LogP contribution in [-0.2, 0) is 4.79 Å². The molecule has 0 saturated carbocycles. The Bertz CT molecular complexity index is 782. The molecule has 6 heteroatoms. The van der Waals surface area contributed by atoms with Gasteiger partial charge in [0.2, 0.25) is 5.91 Å². The van der Waals surface area contributed by atoms with Gasteiger partial charge in [-0.1, -0.05) is 0 Å². The minimum absolute atomic E-state index is 0.0804. The summed E-state index contributed by atoms with van der Waals surface area (Å²) >= 11 is 0. The van der Waals surface area contributed by atoms with E-state index in [9.17, 15) is 10.1 Å². The predicted molar refractivity (Wildman–Crippen MR) is 87.9 cm³/mol. The van der Waals surface area contributed by atoms with Gasteiger partial charge in [-0.15, -0.1) is 0 Å². The molecule has 1 atom stereocenters. The lowest BCUT2D eigenvalue weighted by atomic mass is 10.1. The molecule has 0 N–H and O–H groups in total. The van der Waals surface area contributed by atoms with Crippen LogP contribution in [0.4, 0.5) is 5.82 Å². The maximum absolute atomic E-state index is 12.6. The van der Waals surface area contributed by atoms with E-state index in [4.69, 9.17) is 0 Å². The van der Waals surface area contributed by atoms with Crippen LogP contribution in [0.2, 0.25) is 0 Å². The van der Waals surface area contributed by atoms with Gasteiger partial charge in [-0.25, -0.2) is 9.97 Å². The number of anilines is 1. The first-order chi connectivity index (χ1) is 11.1. The van der Waals surface area contributed by atoms with E-state index in [1.165, 1.54) is 0 Å². The quantitative estimate of drug-likeness (QED) is 0.847. The number of rotatable bonds is 2. The Kier molecular flexibility index (Phi) is 4.11. The third-order valence-corrected chi connectivity index (χ3v) is 4.37. The van der Waals surface area contributed by atoms with Gasteiger partial charge in [0.1, 0.15) is 17.9 Å². The lowest BCUT2D eigenvalue weighted by Gasteiger charge is -2.29. The second-order valence-corrected chi connectivity index (χ2v) is 5.90. The normalized spacial score (nSPS) is 18.6. The van der Waals surface area contributed by atoms with E-state index in [2.05, 4.69) is 16.0 Å². The summed E-state index contributed by atoms with van der Waals surface area (Å²) in [6, 6.07) is 7.38. The summed E-state index contributed by atoms with van der Waals surface area (Å²) in [4.78, 5) is 25.0. The SMILES string of the molecule is CN1CCCCC(N(C)c2nc3ncccc3cc2C#N)C1=O. The standard InChI is InChI=1S/C17H19N5O/c1-21-9-4-3-7-14(17(21)23)22(2)16-13(11-18)10-12-6-5-8-19-15(12)20-16/h5-6,8,10,14H,3-4,7,9H2,1-2H3. The number of aromatic nitrogens is 2. The van der Waals surface area contributed by atoms with Gasteiger partial charge in [0.25, 0.3) is 0 Å². The molecular formula is C17H19N5O. The fourth-order valence-electron chi connectivity index (χ4n) is 3.03. The molecule has 23 heavy (non-hydrogen) atoms. The topological polar surface area (TPSA) is 73.1 Å². The van der Waals surface area contributed by atoms with Crippen molar-refractivity contribution in [3.63, 3.8) is 0 Å². The van der Waals surface area contributed by atoms with Crippen LogP contribution in [0.15, 0.2) is 24.4 Å². The number of likely N-dealkylation sites (N-methyl/N-ethyl adjacent to an activating group) is 2. The van der Waals surface area contributed by atoms with Crippen molar-refractivity contribution in [3.05, 3.63) is 30.0 Å². The molecule has 0 bridgehead atoms. The van der Waals surface area contributed by atoms with Crippen LogP contribution in [0.25, 0.3) is 11.0 Å². The molecule has 1 aliphatic rings. The second-order valence-electron chi connectivity index (χ2n) is 5.90. The molecule has 0 radical (unpaired) electrons. The highest BCUT2D eigenvalue weighted by Gasteiger charge is 2.30. The molecule has 1 amide bonds. The molecule has 0 aromatic carbocycles. The number of likely N-dealkylation sites (tertiary alicyclic amines) is 1. The Morgan fingerprint density at radius 1 is 1.43 bits per heavy atom. The lowest BCUT2D eigenvalue weighted by molar-refractivity contribution is -0.130. The van der Waals surface area contributed by atoms with Gasteiger partial charge >= 0.3 is 0 Å². The number of amides is 1. The van der Waals surface area contributed by atoms with E-state index < -0.39 is 0 Å². The van der Waals surface area contributed by atoms with E-state index in [-0.39, 0.29) is 11.9 Å². The van der Waals surface area contributed by atoms with Crippen molar-refractivity contribution < 1.29 is 4.79 Å². The van der Waals surface area contributed by atoms with Gasteiger partial charge < -0.3 is 9.80 Å². The summed E-state index contributed by atoms with van der Waals surface area (Å²) in [5.41, 5.74) is 1.05. The molecule has 0 spiro atoms. The van der Waals surface area contributed by atoms with E-state index >= 15 is 0 Å². The van der Waals surface area contributed by atoms with Crippen molar-refractivity contribution >= 4 is 22.8 Å². The number of fused-ring (bicyclic) bond motifs is 1. The summed E-state index contributed by atoms with van der Waals surface area (Å²) < 4.78 is 0. The number of pyridine rings is 2. The van der Waals surface area contributed by atoms with E-state index in [1.807, 2.05) is 31.1 Å². The van der Waals surface area contributed by atoms with Crippen LogP contribution in [0.3, 0.4) is 0 Å². The minimum Gasteiger partial charge on any atom is -0.346 e. The summed E-state index contributed by atoms with van der Waals surface area (Å²) in [5, 5.41) is 10.3. The summed E-state index contributed by atoms with van der Waals surface area (Å²) in [5.74, 6) is 0.601. The molecule has 1 unspecified atom stereocenters. The molecular weight excluding hydrogens is 290 g/mol. The maximum atomic E-state index is 12.6. The first kappa shape index (κ1) is 15.2. The van der Waals surface area contributed by atoms with Crippen molar-refractivity contribution in [1.29, 1.82) is 5.26 Å². The van der Waals surface area contributed by atoms with Crippen molar-refractivity contribution in [3.8, 4) is 6.07 Å². The number of hydrogen-bond donors (Lipinski definition) is 0. The molecule has 1 aliphatic heterocycles. The van der Waals surface area contributed by atoms with E-state index in [0.717, 1.165) is 31.2 Å². The molecule has 0 aliphatic carbocycles. The Morgan fingerprint density at radius 2 is 2.26 bits per heavy atom. The number of hydrogen-bond acceptors (Lipinski definition) is 5. The number of nitriles is 1. The largest absolute Gasteiger partial charge is 0.346 e. The van der Waals surface area contributed by atoms with Crippen molar-refractivity contribution in [2.75, 3.05) is 25.5 Å². The summed E-state index contributed by atoms with van der Waals surface area (Å²) in [6.45, 7) is 0.779. The van der Waals surface area contributed by atoms with E-state index in [0.29, 0.717) is 17.0 Å². The van der Waals surface area contributed by atoms with Crippen molar-refractivity contribution in [2.45, 2.75) is 25.3 Å². The third kappa shape index (κ3) is 2.82. The van der Waals surface area contributed by atoms with Crippen LogP contribution < -0.4 is 4.90 Å². The summed E-state index contributed by atoms with van der Waals surface area (Å²) in [7, 11) is 3.66.